The number of nitrogens with one attached hydrogen (secondary N) is 1. The highest BCUT2D eigenvalue weighted by Crippen LogP contribution is 2.29. The summed E-state index contributed by atoms with van der Waals surface area (Å²) < 4.78 is 26.9. The average Bonchev–Trinajstić information content (AvgIpc) is 2.42. The van der Waals surface area contributed by atoms with E-state index in [1.165, 1.54) is 36.4 Å². The molecule has 2 aromatic carbocycles. The first-order chi connectivity index (χ1) is 9.83. The molecule has 0 atom stereocenters. The number of halogens is 2. The van der Waals surface area contributed by atoms with Crippen LogP contribution in [0.1, 0.15) is 5.56 Å². The quantitative estimate of drug-likeness (QED) is 0.837. The van der Waals surface area contributed by atoms with E-state index in [-0.39, 0.29) is 26.9 Å². The number of nitrogens with zero attached hydrogens (tertiary/aromatic N) is 1. The van der Waals surface area contributed by atoms with Crippen LogP contribution in [0.15, 0.2) is 41.3 Å². The van der Waals surface area contributed by atoms with Crippen LogP contribution in [0.4, 0.5) is 11.4 Å². The van der Waals surface area contributed by atoms with E-state index in [1.54, 1.807) is 0 Å². The Morgan fingerprint density at radius 1 is 1.14 bits per heavy atom. The van der Waals surface area contributed by atoms with Gasteiger partial charge in [0.05, 0.1) is 28.0 Å². The minimum absolute atomic E-state index is 0.0281. The van der Waals surface area contributed by atoms with Crippen molar-refractivity contribution in [3.63, 3.8) is 0 Å². The Kier molecular flexibility index (Phi) is 4.28. The molecule has 2 rings (SSSR count). The van der Waals surface area contributed by atoms with E-state index in [2.05, 4.69) is 4.72 Å². The van der Waals surface area contributed by atoms with Crippen molar-refractivity contribution in [2.75, 3.05) is 10.5 Å². The predicted molar refractivity (Wildman–Crippen MR) is 82.8 cm³/mol. The van der Waals surface area contributed by atoms with Crippen molar-refractivity contribution in [2.24, 2.45) is 0 Å². The lowest BCUT2D eigenvalue weighted by molar-refractivity contribution is 0.601. The third kappa shape index (κ3) is 3.39. The summed E-state index contributed by atoms with van der Waals surface area (Å²) in [6.07, 6.45) is 0. The first kappa shape index (κ1) is 15.4. The van der Waals surface area contributed by atoms with Crippen molar-refractivity contribution in [3.05, 3.63) is 52.0 Å². The standard InChI is InChI=1S/C13H9Cl2N3O2S/c14-9-2-3-10(15)12(6-9)18-21(19,20)13-4-1-8(7-16)5-11(13)17/h1-6,18H,17H2. The number of hydrogen-bond acceptors (Lipinski definition) is 4. The second kappa shape index (κ2) is 5.82. The van der Waals surface area contributed by atoms with Gasteiger partial charge in [-0.25, -0.2) is 8.42 Å². The molecule has 0 aliphatic rings. The minimum atomic E-state index is -3.94. The zero-order chi connectivity index (χ0) is 15.6. The summed E-state index contributed by atoms with van der Waals surface area (Å²) >= 11 is 11.7. The predicted octanol–water partition coefficient (Wildman–Crippen LogP) is 3.25. The fourth-order valence-electron chi connectivity index (χ4n) is 1.64. The van der Waals surface area contributed by atoms with Gasteiger partial charge in [-0.05, 0) is 36.4 Å². The summed E-state index contributed by atoms with van der Waals surface area (Å²) in [5.74, 6) is 0. The number of rotatable bonds is 3. The Hall–Kier alpha value is -1.94. The molecule has 21 heavy (non-hydrogen) atoms. The van der Waals surface area contributed by atoms with Crippen LogP contribution < -0.4 is 10.5 Å². The van der Waals surface area contributed by atoms with E-state index in [0.717, 1.165) is 0 Å². The molecule has 0 aromatic heterocycles. The molecule has 0 aliphatic carbocycles. The van der Waals surface area contributed by atoms with Crippen LogP contribution in [-0.4, -0.2) is 8.42 Å². The molecule has 5 nitrogen and oxygen atoms in total. The fraction of sp³-hybridized carbons (Fsp3) is 0. The molecular formula is C13H9Cl2N3O2S. The van der Waals surface area contributed by atoms with Crippen LogP contribution in [0.25, 0.3) is 0 Å². The van der Waals surface area contributed by atoms with Crippen molar-refractivity contribution in [1.29, 1.82) is 5.26 Å². The number of benzene rings is 2. The molecule has 8 heteroatoms. The molecule has 0 heterocycles. The Bertz CT molecular complexity index is 845. The topological polar surface area (TPSA) is 96.0 Å². The van der Waals surface area contributed by atoms with E-state index in [0.29, 0.717) is 5.02 Å². The maximum Gasteiger partial charge on any atom is 0.263 e. The van der Waals surface area contributed by atoms with E-state index >= 15 is 0 Å². The van der Waals surface area contributed by atoms with Crippen molar-refractivity contribution in [2.45, 2.75) is 4.90 Å². The van der Waals surface area contributed by atoms with Gasteiger partial charge in [0.25, 0.3) is 10.0 Å². The van der Waals surface area contributed by atoms with Crippen LogP contribution in [-0.2, 0) is 10.0 Å². The van der Waals surface area contributed by atoms with Gasteiger partial charge in [0, 0.05) is 5.02 Å². The van der Waals surface area contributed by atoms with Gasteiger partial charge < -0.3 is 5.73 Å². The third-order valence-electron chi connectivity index (χ3n) is 2.60. The first-order valence-corrected chi connectivity index (χ1v) is 7.85. The molecule has 0 unspecified atom stereocenters. The normalized spacial score (nSPS) is 10.9. The van der Waals surface area contributed by atoms with Gasteiger partial charge in [-0.2, -0.15) is 5.26 Å². The summed E-state index contributed by atoms with van der Waals surface area (Å²) in [5.41, 5.74) is 6.06. The molecule has 0 saturated heterocycles. The molecule has 0 bridgehead atoms. The monoisotopic (exact) mass is 341 g/mol. The van der Waals surface area contributed by atoms with Gasteiger partial charge in [-0.1, -0.05) is 23.2 Å². The molecule has 0 radical (unpaired) electrons. The molecular weight excluding hydrogens is 333 g/mol. The third-order valence-corrected chi connectivity index (χ3v) is 4.61. The molecule has 0 amide bonds. The Balaban J connectivity index is 2.44. The maximum atomic E-state index is 12.3. The minimum Gasteiger partial charge on any atom is -0.398 e. The lowest BCUT2D eigenvalue weighted by Crippen LogP contribution is -2.15. The van der Waals surface area contributed by atoms with Gasteiger partial charge in [0.1, 0.15) is 4.90 Å². The van der Waals surface area contributed by atoms with Crippen LogP contribution in [0, 0.1) is 11.3 Å². The van der Waals surface area contributed by atoms with Gasteiger partial charge >= 0.3 is 0 Å². The zero-order valence-electron chi connectivity index (χ0n) is 10.5. The van der Waals surface area contributed by atoms with Crippen molar-refractivity contribution in [1.82, 2.24) is 0 Å². The molecule has 0 fully saturated rings. The van der Waals surface area contributed by atoms with Gasteiger partial charge in [-0.3, -0.25) is 4.72 Å². The summed E-state index contributed by atoms with van der Waals surface area (Å²) in [6, 6.07) is 10.2. The van der Waals surface area contributed by atoms with Crippen LogP contribution in [0.2, 0.25) is 10.0 Å². The van der Waals surface area contributed by atoms with E-state index in [9.17, 15) is 8.42 Å². The fourth-order valence-corrected chi connectivity index (χ4v) is 3.22. The number of nitrogen functional groups attached to an aromatic ring is 1. The number of anilines is 2. The van der Waals surface area contributed by atoms with Gasteiger partial charge in [-0.15, -0.1) is 0 Å². The number of hydrogen-bond donors (Lipinski definition) is 2. The first-order valence-electron chi connectivity index (χ1n) is 5.61. The molecule has 0 spiro atoms. The molecule has 0 aliphatic heterocycles. The van der Waals surface area contributed by atoms with Gasteiger partial charge in [0.2, 0.25) is 0 Å². The van der Waals surface area contributed by atoms with E-state index < -0.39 is 10.0 Å². The molecule has 0 saturated carbocycles. The van der Waals surface area contributed by atoms with Crippen molar-refractivity contribution < 1.29 is 8.42 Å². The summed E-state index contributed by atoms with van der Waals surface area (Å²) in [6.45, 7) is 0. The zero-order valence-corrected chi connectivity index (χ0v) is 12.8. The Morgan fingerprint density at radius 3 is 2.48 bits per heavy atom. The van der Waals surface area contributed by atoms with E-state index in [1.807, 2.05) is 6.07 Å². The van der Waals surface area contributed by atoms with Crippen molar-refractivity contribution >= 4 is 44.6 Å². The largest absolute Gasteiger partial charge is 0.398 e. The SMILES string of the molecule is N#Cc1ccc(S(=O)(=O)Nc2cc(Cl)ccc2Cl)c(N)c1. The van der Waals surface area contributed by atoms with Gasteiger partial charge in [0.15, 0.2) is 0 Å². The second-order valence-electron chi connectivity index (χ2n) is 4.09. The second-order valence-corrected chi connectivity index (χ2v) is 6.59. The summed E-state index contributed by atoms with van der Waals surface area (Å²) in [7, 11) is -3.94. The number of nitrogens with two attached hydrogens (primary N) is 1. The smallest absolute Gasteiger partial charge is 0.263 e. The molecule has 108 valence electrons. The lowest BCUT2D eigenvalue weighted by Gasteiger charge is -2.11. The average molecular weight is 342 g/mol. The van der Waals surface area contributed by atoms with E-state index in [4.69, 9.17) is 34.2 Å². The molecule has 2 aromatic rings. The highest BCUT2D eigenvalue weighted by molar-refractivity contribution is 7.92. The lowest BCUT2D eigenvalue weighted by atomic mass is 10.2. The van der Waals surface area contributed by atoms with Crippen molar-refractivity contribution in [3.8, 4) is 6.07 Å². The van der Waals surface area contributed by atoms with Crippen LogP contribution >= 0.6 is 23.2 Å². The molecule has 3 N–H and O–H groups in total. The highest BCUT2D eigenvalue weighted by atomic mass is 35.5. The van der Waals surface area contributed by atoms with Crippen LogP contribution in [0.3, 0.4) is 0 Å². The number of sulfonamides is 1. The maximum absolute atomic E-state index is 12.3. The Labute approximate surface area is 132 Å². The van der Waals surface area contributed by atoms with Crippen LogP contribution in [0.5, 0.6) is 0 Å². The summed E-state index contributed by atoms with van der Waals surface area (Å²) in [5, 5.41) is 9.30. The summed E-state index contributed by atoms with van der Waals surface area (Å²) in [4.78, 5) is -0.141. The Morgan fingerprint density at radius 2 is 1.86 bits per heavy atom. The highest BCUT2D eigenvalue weighted by Gasteiger charge is 2.19. The number of nitriles is 1.